The molecule has 0 saturated heterocycles. The lowest BCUT2D eigenvalue weighted by atomic mass is 9.93. The molecule has 17 heavy (non-hydrogen) atoms. The summed E-state index contributed by atoms with van der Waals surface area (Å²) < 4.78 is 5.20. The largest absolute Gasteiger partial charge is 0.385 e. The summed E-state index contributed by atoms with van der Waals surface area (Å²) in [7, 11) is 1.81. The van der Waals surface area contributed by atoms with E-state index >= 15 is 0 Å². The molecule has 0 amide bonds. The molecular weight excluding hydrogens is 210 g/mol. The van der Waals surface area contributed by atoms with Crippen LogP contribution in [0.3, 0.4) is 0 Å². The highest BCUT2D eigenvalue weighted by atomic mass is 16.5. The van der Waals surface area contributed by atoms with Crippen LogP contribution in [0.4, 0.5) is 0 Å². The SMILES string of the molecule is COCCC1(CNCC2CC3C=CC2C3)CC1. The number of allylic oxidation sites excluding steroid dienone is 2. The molecule has 0 heterocycles. The number of methoxy groups -OCH3 is 1. The Morgan fingerprint density at radius 3 is 2.76 bits per heavy atom. The Kier molecular flexibility index (Phi) is 3.27. The van der Waals surface area contributed by atoms with Gasteiger partial charge in [0.25, 0.3) is 0 Å². The fourth-order valence-corrected chi connectivity index (χ4v) is 3.66. The molecule has 2 heteroatoms. The topological polar surface area (TPSA) is 21.3 Å². The summed E-state index contributed by atoms with van der Waals surface area (Å²) >= 11 is 0. The van der Waals surface area contributed by atoms with Crippen molar-refractivity contribution in [2.75, 3.05) is 26.8 Å². The van der Waals surface area contributed by atoms with Gasteiger partial charge in [-0.25, -0.2) is 0 Å². The van der Waals surface area contributed by atoms with Crippen LogP contribution >= 0.6 is 0 Å². The van der Waals surface area contributed by atoms with Crippen molar-refractivity contribution >= 4 is 0 Å². The maximum atomic E-state index is 5.20. The molecule has 0 aliphatic heterocycles. The summed E-state index contributed by atoms with van der Waals surface area (Å²) in [6, 6.07) is 0. The van der Waals surface area contributed by atoms with Crippen molar-refractivity contribution in [2.24, 2.45) is 23.2 Å². The first kappa shape index (κ1) is 11.7. The van der Waals surface area contributed by atoms with Gasteiger partial charge in [0.1, 0.15) is 0 Å². The molecule has 2 fully saturated rings. The molecule has 3 aliphatic carbocycles. The Morgan fingerprint density at radius 1 is 1.29 bits per heavy atom. The van der Waals surface area contributed by atoms with Crippen molar-refractivity contribution in [3.63, 3.8) is 0 Å². The second-order valence-electron chi connectivity index (χ2n) is 6.41. The van der Waals surface area contributed by atoms with Crippen molar-refractivity contribution < 1.29 is 4.74 Å². The molecule has 1 N–H and O–H groups in total. The number of rotatable bonds is 7. The van der Waals surface area contributed by atoms with Crippen LogP contribution in [0.25, 0.3) is 0 Å². The lowest BCUT2D eigenvalue weighted by Crippen LogP contribution is -2.31. The third kappa shape index (κ3) is 2.58. The summed E-state index contributed by atoms with van der Waals surface area (Å²) in [4.78, 5) is 0. The fraction of sp³-hybridized carbons (Fsp3) is 0.867. The molecule has 2 saturated carbocycles. The van der Waals surface area contributed by atoms with E-state index in [-0.39, 0.29) is 0 Å². The number of hydrogen-bond acceptors (Lipinski definition) is 2. The predicted molar refractivity (Wildman–Crippen MR) is 69.9 cm³/mol. The van der Waals surface area contributed by atoms with Gasteiger partial charge in [-0.05, 0) is 61.8 Å². The van der Waals surface area contributed by atoms with E-state index in [4.69, 9.17) is 4.74 Å². The summed E-state index contributed by atoms with van der Waals surface area (Å²) in [5, 5.41) is 3.73. The molecule has 0 radical (unpaired) electrons. The van der Waals surface area contributed by atoms with Crippen LogP contribution in [-0.4, -0.2) is 26.8 Å². The van der Waals surface area contributed by atoms with Gasteiger partial charge < -0.3 is 10.1 Å². The minimum Gasteiger partial charge on any atom is -0.385 e. The van der Waals surface area contributed by atoms with E-state index in [2.05, 4.69) is 17.5 Å². The highest BCUT2D eigenvalue weighted by molar-refractivity contribution is 5.10. The Hall–Kier alpha value is -0.340. The van der Waals surface area contributed by atoms with Gasteiger partial charge in [0.15, 0.2) is 0 Å². The van der Waals surface area contributed by atoms with E-state index in [0.717, 1.165) is 24.4 Å². The minimum atomic E-state index is 0.601. The van der Waals surface area contributed by atoms with E-state index in [1.54, 1.807) is 0 Å². The van der Waals surface area contributed by atoms with Gasteiger partial charge in [-0.3, -0.25) is 0 Å². The molecule has 0 aromatic carbocycles. The Morgan fingerprint density at radius 2 is 2.18 bits per heavy atom. The van der Waals surface area contributed by atoms with E-state index < -0.39 is 0 Å². The van der Waals surface area contributed by atoms with Gasteiger partial charge in [-0.15, -0.1) is 0 Å². The van der Waals surface area contributed by atoms with Crippen LogP contribution in [0.5, 0.6) is 0 Å². The molecule has 3 aliphatic rings. The summed E-state index contributed by atoms with van der Waals surface area (Å²) in [6.07, 6.45) is 11.8. The van der Waals surface area contributed by atoms with E-state index in [1.807, 2.05) is 7.11 Å². The number of hydrogen-bond donors (Lipinski definition) is 1. The molecule has 3 rings (SSSR count). The predicted octanol–water partition coefficient (Wildman–Crippen LogP) is 2.60. The van der Waals surface area contributed by atoms with Crippen molar-refractivity contribution in [2.45, 2.75) is 32.1 Å². The monoisotopic (exact) mass is 235 g/mol. The normalized spacial score (nSPS) is 36.6. The average molecular weight is 235 g/mol. The lowest BCUT2D eigenvalue weighted by molar-refractivity contribution is 0.170. The molecule has 0 aromatic rings. The van der Waals surface area contributed by atoms with Gasteiger partial charge in [0.2, 0.25) is 0 Å². The fourth-order valence-electron chi connectivity index (χ4n) is 3.66. The quantitative estimate of drug-likeness (QED) is 0.685. The Labute approximate surface area is 105 Å². The van der Waals surface area contributed by atoms with Gasteiger partial charge in [0, 0.05) is 20.3 Å². The van der Waals surface area contributed by atoms with Gasteiger partial charge in [-0.1, -0.05) is 12.2 Å². The zero-order valence-electron chi connectivity index (χ0n) is 11.0. The lowest BCUT2D eigenvalue weighted by Gasteiger charge is -2.21. The van der Waals surface area contributed by atoms with Crippen molar-refractivity contribution in [3.8, 4) is 0 Å². The van der Waals surface area contributed by atoms with E-state index in [1.165, 1.54) is 45.2 Å². The smallest absolute Gasteiger partial charge is 0.0468 e. The van der Waals surface area contributed by atoms with Crippen LogP contribution in [0.1, 0.15) is 32.1 Å². The Balaban J connectivity index is 1.37. The number of ether oxygens (including phenoxy) is 1. The van der Waals surface area contributed by atoms with Gasteiger partial charge in [-0.2, -0.15) is 0 Å². The van der Waals surface area contributed by atoms with E-state index in [0.29, 0.717) is 5.41 Å². The van der Waals surface area contributed by atoms with Crippen LogP contribution in [0.2, 0.25) is 0 Å². The first-order chi connectivity index (χ1) is 8.31. The van der Waals surface area contributed by atoms with Crippen molar-refractivity contribution in [1.82, 2.24) is 5.32 Å². The number of nitrogens with one attached hydrogen (secondary N) is 1. The molecule has 0 spiro atoms. The van der Waals surface area contributed by atoms with Crippen molar-refractivity contribution in [3.05, 3.63) is 12.2 Å². The highest BCUT2D eigenvalue weighted by Gasteiger charge is 2.42. The van der Waals surface area contributed by atoms with Crippen LogP contribution < -0.4 is 5.32 Å². The highest BCUT2D eigenvalue weighted by Crippen LogP contribution is 2.48. The summed E-state index contributed by atoms with van der Waals surface area (Å²) in [6.45, 7) is 3.38. The van der Waals surface area contributed by atoms with Crippen LogP contribution in [-0.2, 0) is 4.74 Å². The molecular formula is C15H25NO. The second kappa shape index (κ2) is 4.74. The van der Waals surface area contributed by atoms with Crippen LogP contribution in [0, 0.1) is 23.2 Å². The maximum Gasteiger partial charge on any atom is 0.0468 e. The van der Waals surface area contributed by atoms with E-state index in [9.17, 15) is 0 Å². The second-order valence-corrected chi connectivity index (χ2v) is 6.41. The molecule has 0 aromatic heterocycles. The zero-order valence-corrected chi connectivity index (χ0v) is 11.0. The molecule has 96 valence electrons. The molecule has 3 unspecified atom stereocenters. The first-order valence-corrected chi connectivity index (χ1v) is 7.19. The third-order valence-electron chi connectivity index (χ3n) is 5.12. The summed E-state index contributed by atoms with van der Waals surface area (Å²) in [5.74, 6) is 2.72. The zero-order chi connectivity index (χ0) is 11.7. The van der Waals surface area contributed by atoms with Crippen LogP contribution in [0.15, 0.2) is 12.2 Å². The minimum absolute atomic E-state index is 0.601. The standard InChI is InChI=1S/C15H25NO/c1-17-7-6-15(4-5-15)11-16-10-14-9-12-2-3-13(14)8-12/h2-3,12-14,16H,4-11H2,1H3. The van der Waals surface area contributed by atoms with Crippen molar-refractivity contribution in [1.29, 1.82) is 0 Å². The molecule has 2 nitrogen and oxygen atoms in total. The molecule has 2 bridgehead atoms. The Bertz CT molecular complexity index is 295. The average Bonchev–Trinajstić information content (AvgIpc) is 2.80. The van der Waals surface area contributed by atoms with Gasteiger partial charge in [0.05, 0.1) is 0 Å². The number of fused-ring (bicyclic) bond motifs is 2. The molecule has 3 atom stereocenters. The summed E-state index contributed by atoms with van der Waals surface area (Å²) in [5.41, 5.74) is 0.601. The first-order valence-electron chi connectivity index (χ1n) is 7.19. The van der Waals surface area contributed by atoms with Gasteiger partial charge >= 0.3 is 0 Å². The third-order valence-corrected chi connectivity index (χ3v) is 5.12. The maximum absolute atomic E-state index is 5.20.